The SMILES string of the molecule is COc1ccccc1C(=O)Nc1ccc(Cn2cnc(C(=O)Nc3cccc(F)c3)c2)cc1. The first kappa shape index (κ1) is 21.8. The first-order chi connectivity index (χ1) is 16.0. The van der Waals surface area contributed by atoms with Crippen molar-refractivity contribution >= 4 is 23.2 Å². The van der Waals surface area contributed by atoms with Gasteiger partial charge in [-0.3, -0.25) is 9.59 Å². The van der Waals surface area contributed by atoms with Crippen LogP contribution in [-0.2, 0) is 6.54 Å². The van der Waals surface area contributed by atoms with E-state index in [1.807, 2.05) is 12.1 Å². The zero-order chi connectivity index (χ0) is 23.2. The second kappa shape index (κ2) is 9.78. The second-order valence-corrected chi connectivity index (χ2v) is 7.25. The Kier molecular flexibility index (Phi) is 6.45. The van der Waals surface area contributed by atoms with Crippen LogP contribution < -0.4 is 15.4 Å². The number of methoxy groups -OCH3 is 1. The van der Waals surface area contributed by atoms with Crippen molar-refractivity contribution in [2.75, 3.05) is 17.7 Å². The van der Waals surface area contributed by atoms with Gasteiger partial charge in [-0.1, -0.05) is 30.3 Å². The smallest absolute Gasteiger partial charge is 0.275 e. The van der Waals surface area contributed by atoms with E-state index in [1.54, 1.807) is 59.6 Å². The Hall–Kier alpha value is -4.46. The number of halogens is 1. The van der Waals surface area contributed by atoms with Gasteiger partial charge in [-0.2, -0.15) is 0 Å². The number of imidazole rings is 1. The number of ether oxygens (including phenoxy) is 1. The van der Waals surface area contributed by atoms with Gasteiger partial charge < -0.3 is 19.9 Å². The van der Waals surface area contributed by atoms with E-state index < -0.39 is 11.7 Å². The number of aromatic nitrogens is 2. The van der Waals surface area contributed by atoms with Crippen molar-refractivity contribution in [2.45, 2.75) is 6.54 Å². The number of carbonyl (C=O) groups excluding carboxylic acids is 2. The second-order valence-electron chi connectivity index (χ2n) is 7.25. The molecule has 0 aliphatic carbocycles. The van der Waals surface area contributed by atoms with Crippen molar-refractivity contribution in [1.82, 2.24) is 9.55 Å². The number of anilines is 2. The number of hydrogen-bond acceptors (Lipinski definition) is 4. The van der Waals surface area contributed by atoms with Gasteiger partial charge in [0, 0.05) is 24.1 Å². The summed E-state index contributed by atoms with van der Waals surface area (Å²) in [6.07, 6.45) is 3.17. The summed E-state index contributed by atoms with van der Waals surface area (Å²) in [7, 11) is 1.52. The molecule has 0 unspecified atom stereocenters. The van der Waals surface area contributed by atoms with Crippen molar-refractivity contribution in [3.8, 4) is 5.75 Å². The largest absolute Gasteiger partial charge is 0.496 e. The number of rotatable bonds is 7. The summed E-state index contributed by atoms with van der Waals surface area (Å²) < 4.78 is 20.3. The summed E-state index contributed by atoms with van der Waals surface area (Å²) in [5.74, 6) is -0.609. The highest BCUT2D eigenvalue weighted by Crippen LogP contribution is 2.20. The van der Waals surface area contributed by atoms with Gasteiger partial charge in [-0.25, -0.2) is 9.37 Å². The van der Waals surface area contributed by atoms with Crippen LogP contribution in [0.4, 0.5) is 15.8 Å². The van der Waals surface area contributed by atoms with Crippen LogP contribution in [0.1, 0.15) is 26.4 Å². The van der Waals surface area contributed by atoms with Gasteiger partial charge in [0.15, 0.2) is 0 Å². The summed E-state index contributed by atoms with van der Waals surface area (Å²) >= 11 is 0. The lowest BCUT2D eigenvalue weighted by Crippen LogP contribution is -2.13. The highest BCUT2D eigenvalue weighted by molar-refractivity contribution is 6.06. The first-order valence-corrected chi connectivity index (χ1v) is 10.1. The third kappa shape index (κ3) is 5.43. The minimum Gasteiger partial charge on any atom is -0.496 e. The predicted octanol–water partition coefficient (Wildman–Crippen LogP) is 4.58. The van der Waals surface area contributed by atoms with Crippen LogP contribution in [0.15, 0.2) is 85.3 Å². The Labute approximate surface area is 189 Å². The van der Waals surface area contributed by atoms with Crippen molar-refractivity contribution < 1.29 is 18.7 Å². The van der Waals surface area contributed by atoms with Crippen LogP contribution >= 0.6 is 0 Å². The quantitative estimate of drug-likeness (QED) is 0.437. The van der Waals surface area contributed by atoms with Crippen molar-refractivity contribution in [3.05, 3.63) is 108 Å². The Morgan fingerprint density at radius 1 is 0.939 bits per heavy atom. The number of hydrogen-bond donors (Lipinski definition) is 2. The predicted molar refractivity (Wildman–Crippen MR) is 123 cm³/mol. The monoisotopic (exact) mass is 444 g/mol. The lowest BCUT2D eigenvalue weighted by atomic mass is 10.1. The lowest BCUT2D eigenvalue weighted by molar-refractivity contribution is 0.101. The Balaban J connectivity index is 1.37. The molecule has 0 bridgehead atoms. The standard InChI is InChI=1S/C25H21FN4O3/c1-33-23-8-3-2-7-21(23)24(31)28-19-11-9-17(10-12-19)14-30-15-22(27-16-30)25(32)29-20-6-4-5-18(26)13-20/h2-13,15-16H,14H2,1H3,(H,28,31)(H,29,32). The molecule has 0 fully saturated rings. The first-order valence-electron chi connectivity index (χ1n) is 10.1. The lowest BCUT2D eigenvalue weighted by Gasteiger charge is -2.10. The maximum atomic E-state index is 13.3. The van der Waals surface area contributed by atoms with E-state index in [1.165, 1.54) is 25.3 Å². The number of amides is 2. The average molecular weight is 444 g/mol. The molecule has 0 spiro atoms. The van der Waals surface area contributed by atoms with Crippen LogP contribution in [0, 0.1) is 5.82 Å². The molecule has 0 aliphatic rings. The summed E-state index contributed by atoms with van der Waals surface area (Å²) in [4.78, 5) is 29.0. The van der Waals surface area contributed by atoms with Gasteiger partial charge in [0.25, 0.3) is 11.8 Å². The number of nitrogens with one attached hydrogen (secondary N) is 2. The molecule has 0 atom stereocenters. The molecule has 2 amide bonds. The van der Waals surface area contributed by atoms with E-state index >= 15 is 0 Å². The molecule has 4 aromatic rings. The fourth-order valence-electron chi connectivity index (χ4n) is 3.26. The van der Waals surface area contributed by atoms with Crippen LogP contribution in [0.5, 0.6) is 5.75 Å². The van der Waals surface area contributed by atoms with Crippen molar-refractivity contribution in [2.24, 2.45) is 0 Å². The molecule has 0 aliphatic heterocycles. The molecule has 33 heavy (non-hydrogen) atoms. The molecule has 8 heteroatoms. The average Bonchev–Trinajstić information content (AvgIpc) is 3.29. The molecule has 1 heterocycles. The third-order valence-electron chi connectivity index (χ3n) is 4.88. The van der Waals surface area contributed by atoms with E-state index in [2.05, 4.69) is 15.6 Å². The number of benzene rings is 3. The fourth-order valence-corrected chi connectivity index (χ4v) is 3.26. The zero-order valence-corrected chi connectivity index (χ0v) is 17.8. The van der Waals surface area contributed by atoms with Gasteiger partial charge in [-0.05, 0) is 48.0 Å². The minimum absolute atomic E-state index is 0.222. The maximum Gasteiger partial charge on any atom is 0.275 e. The molecule has 0 radical (unpaired) electrons. The van der Waals surface area contributed by atoms with Crippen LogP contribution in [0.3, 0.4) is 0 Å². The Morgan fingerprint density at radius 3 is 2.45 bits per heavy atom. The molecule has 4 rings (SSSR count). The molecular weight excluding hydrogens is 423 g/mol. The van der Waals surface area contributed by atoms with E-state index in [4.69, 9.17) is 4.74 Å². The number of para-hydroxylation sites is 1. The van der Waals surface area contributed by atoms with Crippen LogP contribution in [0.25, 0.3) is 0 Å². The molecule has 1 aromatic heterocycles. The van der Waals surface area contributed by atoms with Gasteiger partial charge in [-0.15, -0.1) is 0 Å². The zero-order valence-electron chi connectivity index (χ0n) is 17.8. The van der Waals surface area contributed by atoms with Gasteiger partial charge in [0.2, 0.25) is 0 Å². The molecule has 2 N–H and O–H groups in total. The summed E-state index contributed by atoms with van der Waals surface area (Å²) in [5, 5.41) is 5.47. The normalized spacial score (nSPS) is 10.5. The summed E-state index contributed by atoms with van der Waals surface area (Å²) in [5.41, 5.74) is 2.64. The van der Waals surface area contributed by atoms with Gasteiger partial charge in [0.1, 0.15) is 17.3 Å². The highest BCUT2D eigenvalue weighted by Gasteiger charge is 2.12. The highest BCUT2D eigenvalue weighted by atomic mass is 19.1. The van der Waals surface area contributed by atoms with E-state index in [9.17, 15) is 14.0 Å². The number of carbonyl (C=O) groups is 2. The topological polar surface area (TPSA) is 85.2 Å². The summed E-state index contributed by atoms with van der Waals surface area (Å²) in [6.45, 7) is 0.487. The molecule has 0 saturated heterocycles. The molecule has 0 saturated carbocycles. The van der Waals surface area contributed by atoms with Crippen LogP contribution in [0.2, 0.25) is 0 Å². The van der Waals surface area contributed by atoms with Gasteiger partial charge >= 0.3 is 0 Å². The number of nitrogens with zero attached hydrogens (tertiary/aromatic N) is 2. The van der Waals surface area contributed by atoms with E-state index in [0.717, 1.165) is 5.56 Å². The van der Waals surface area contributed by atoms with E-state index in [-0.39, 0.29) is 11.6 Å². The Morgan fingerprint density at radius 2 is 1.70 bits per heavy atom. The summed E-state index contributed by atoms with van der Waals surface area (Å²) in [6, 6.07) is 20.0. The Bertz CT molecular complexity index is 1280. The molecular formula is C25H21FN4O3. The molecule has 166 valence electrons. The maximum absolute atomic E-state index is 13.3. The molecule has 7 nitrogen and oxygen atoms in total. The minimum atomic E-state index is -0.430. The fraction of sp³-hybridized carbons (Fsp3) is 0.0800. The van der Waals surface area contributed by atoms with Gasteiger partial charge in [0.05, 0.1) is 19.0 Å². The molecule has 3 aromatic carbocycles. The third-order valence-corrected chi connectivity index (χ3v) is 4.88. The van der Waals surface area contributed by atoms with Crippen molar-refractivity contribution in [3.63, 3.8) is 0 Å². The van der Waals surface area contributed by atoms with Crippen molar-refractivity contribution in [1.29, 1.82) is 0 Å². The van der Waals surface area contributed by atoms with Crippen LogP contribution in [-0.4, -0.2) is 28.5 Å². The van der Waals surface area contributed by atoms with E-state index in [0.29, 0.717) is 29.2 Å².